The van der Waals surface area contributed by atoms with E-state index in [-0.39, 0.29) is 30.3 Å². The minimum atomic E-state index is -0.245. The van der Waals surface area contributed by atoms with Gasteiger partial charge in [0.15, 0.2) is 0 Å². The minimum Gasteiger partial charge on any atom is -0.497 e. The van der Waals surface area contributed by atoms with E-state index in [1.165, 1.54) is 0 Å². The molecule has 1 aliphatic carbocycles. The number of methoxy groups -OCH3 is 1. The van der Waals surface area contributed by atoms with Gasteiger partial charge in [0.25, 0.3) is 0 Å². The molecule has 1 N–H and O–H groups in total. The maximum atomic E-state index is 13.0. The first kappa shape index (κ1) is 22.6. The summed E-state index contributed by atoms with van der Waals surface area (Å²) in [6.45, 7) is 3.90. The fraction of sp³-hybridized carbons (Fsp3) is 0.346. The summed E-state index contributed by atoms with van der Waals surface area (Å²) < 4.78 is 6.96. The lowest BCUT2D eigenvalue weighted by atomic mass is 9.84. The van der Waals surface area contributed by atoms with E-state index in [0.717, 1.165) is 42.0 Å². The predicted octanol–water partition coefficient (Wildman–Crippen LogP) is 4.52. The highest BCUT2D eigenvalue weighted by molar-refractivity contribution is 5.95. The lowest BCUT2D eigenvalue weighted by Gasteiger charge is -2.33. The fourth-order valence-electron chi connectivity index (χ4n) is 3.88. The van der Waals surface area contributed by atoms with Gasteiger partial charge in [-0.25, -0.2) is 4.68 Å². The van der Waals surface area contributed by atoms with Gasteiger partial charge in [0.1, 0.15) is 18.1 Å². The van der Waals surface area contributed by atoms with Gasteiger partial charge in [0.2, 0.25) is 11.8 Å². The maximum Gasteiger partial charge on any atom is 0.245 e. The van der Waals surface area contributed by atoms with Gasteiger partial charge in [-0.2, -0.15) is 5.10 Å². The Morgan fingerprint density at radius 1 is 1.12 bits per heavy atom. The Kier molecular flexibility index (Phi) is 6.77. The Balaban J connectivity index is 1.60. The lowest BCUT2D eigenvalue weighted by molar-refractivity contribution is -0.142. The van der Waals surface area contributed by atoms with Crippen molar-refractivity contribution < 1.29 is 14.3 Å². The molecule has 0 aliphatic heterocycles. The first-order chi connectivity index (χ1) is 16.0. The van der Waals surface area contributed by atoms with Crippen molar-refractivity contribution in [2.75, 3.05) is 19.0 Å². The standard InChI is InChI=1S/C26H30N4O3/c1-18(2)29(26(32)20-10-7-11-20)17-25(31)27-24-16-23(19-8-5-4-6-9-19)28-30(24)21-12-14-22(33-3)15-13-21/h4-6,8-9,12-16,18,20H,7,10-11,17H2,1-3H3,(H,27,31). The monoisotopic (exact) mass is 446 g/mol. The molecule has 3 aromatic rings. The number of benzene rings is 2. The predicted molar refractivity (Wildman–Crippen MR) is 128 cm³/mol. The Labute approximate surface area is 194 Å². The number of rotatable bonds is 8. The summed E-state index contributed by atoms with van der Waals surface area (Å²) in [5.41, 5.74) is 2.48. The van der Waals surface area contributed by atoms with E-state index in [2.05, 4.69) is 5.32 Å². The van der Waals surface area contributed by atoms with Crippen LogP contribution in [0.4, 0.5) is 5.82 Å². The third-order valence-electron chi connectivity index (χ3n) is 6.04. The molecular weight excluding hydrogens is 416 g/mol. The van der Waals surface area contributed by atoms with Crippen LogP contribution in [0.15, 0.2) is 60.7 Å². The molecular formula is C26H30N4O3. The molecule has 33 heavy (non-hydrogen) atoms. The molecule has 1 saturated carbocycles. The van der Waals surface area contributed by atoms with Crippen molar-refractivity contribution in [3.8, 4) is 22.7 Å². The van der Waals surface area contributed by atoms with E-state index in [4.69, 9.17) is 9.84 Å². The van der Waals surface area contributed by atoms with Gasteiger partial charge in [-0.3, -0.25) is 9.59 Å². The molecule has 2 amide bonds. The van der Waals surface area contributed by atoms with Crippen LogP contribution in [-0.2, 0) is 9.59 Å². The number of aromatic nitrogens is 2. The number of hydrogen-bond donors (Lipinski definition) is 1. The van der Waals surface area contributed by atoms with Gasteiger partial charge in [0, 0.05) is 23.6 Å². The molecule has 172 valence electrons. The van der Waals surface area contributed by atoms with Gasteiger partial charge in [-0.15, -0.1) is 0 Å². The number of ether oxygens (including phenoxy) is 1. The molecule has 1 heterocycles. The summed E-state index contributed by atoms with van der Waals surface area (Å²) in [4.78, 5) is 27.5. The topological polar surface area (TPSA) is 76.5 Å². The molecule has 0 spiro atoms. The molecule has 0 unspecified atom stereocenters. The van der Waals surface area contributed by atoms with Crippen molar-refractivity contribution in [1.29, 1.82) is 0 Å². The maximum absolute atomic E-state index is 13.0. The van der Waals surface area contributed by atoms with Crippen LogP contribution in [0.1, 0.15) is 33.1 Å². The summed E-state index contributed by atoms with van der Waals surface area (Å²) in [5, 5.41) is 7.72. The Morgan fingerprint density at radius 2 is 1.82 bits per heavy atom. The quantitative estimate of drug-likeness (QED) is 0.552. The number of amides is 2. The van der Waals surface area contributed by atoms with Crippen molar-refractivity contribution in [2.24, 2.45) is 5.92 Å². The van der Waals surface area contributed by atoms with E-state index >= 15 is 0 Å². The van der Waals surface area contributed by atoms with Crippen molar-refractivity contribution in [3.63, 3.8) is 0 Å². The number of nitrogens with zero attached hydrogens (tertiary/aromatic N) is 3. The van der Waals surface area contributed by atoms with Gasteiger partial charge < -0.3 is 15.0 Å². The highest BCUT2D eigenvalue weighted by Crippen LogP contribution is 2.29. The number of carbonyl (C=O) groups is 2. The summed E-state index contributed by atoms with van der Waals surface area (Å²) in [5.74, 6) is 1.16. The average molecular weight is 447 g/mol. The second-order valence-electron chi connectivity index (χ2n) is 8.63. The molecule has 1 aromatic heterocycles. The van der Waals surface area contributed by atoms with E-state index in [9.17, 15) is 9.59 Å². The lowest BCUT2D eigenvalue weighted by Crippen LogP contribution is -2.46. The second-order valence-corrected chi connectivity index (χ2v) is 8.63. The van der Waals surface area contributed by atoms with Crippen LogP contribution in [0.5, 0.6) is 5.75 Å². The van der Waals surface area contributed by atoms with Crippen molar-refractivity contribution in [1.82, 2.24) is 14.7 Å². The van der Waals surface area contributed by atoms with Gasteiger partial charge >= 0.3 is 0 Å². The zero-order chi connectivity index (χ0) is 23.4. The van der Waals surface area contributed by atoms with Crippen LogP contribution in [0.2, 0.25) is 0 Å². The first-order valence-corrected chi connectivity index (χ1v) is 11.4. The van der Waals surface area contributed by atoms with Gasteiger partial charge in [-0.1, -0.05) is 36.8 Å². The first-order valence-electron chi connectivity index (χ1n) is 11.4. The number of hydrogen-bond acceptors (Lipinski definition) is 4. The van der Waals surface area contributed by atoms with Crippen LogP contribution < -0.4 is 10.1 Å². The van der Waals surface area contributed by atoms with E-state index in [1.54, 1.807) is 16.7 Å². The second kappa shape index (κ2) is 9.90. The molecule has 7 heteroatoms. The molecule has 1 fully saturated rings. The highest BCUT2D eigenvalue weighted by atomic mass is 16.5. The summed E-state index contributed by atoms with van der Waals surface area (Å²) >= 11 is 0. The molecule has 1 aliphatic rings. The zero-order valence-electron chi connectivity index (χ0n) is 19.3. The summed E-state index contributed by atoms with van der Waals surface area (Å²) in [7, 11) is 1.62. The van der Waals surface area contributed by atoms with Crippen molar-refractivity contribution in [3.05, 3.63) is 60.7 Å². The number of nitrogens with one attached hydrogen (secondary N) is 1. The molecule has 0 atom stereocenters. The molecule has 4 rings (SSSR count). The largest absolute Gasteiger partial charge is 0.497 e. The molecule has 0 saturated heterocycles. The number of anilines is 1. The van der Waals surface area contributed by atoms with Crippen LogP contribution in [0.3, 0.4) is 0 Å². The van der Waals surface area contributed by atoms with E-state index in [1.807, 2.05) is 74.5 Å². The van der Waals surface area contributed by atoms with Crippen molar-refractivity contribution in [2.45, 2.75) is 39.2 Å². The SMILES string of the molecule is COc1ccc(-n2nc(-c3ccccc3)cc2NC(=O)CN(C(=O)C2CCC2)C(C)C)cc1. The Bertz CT molecular complexity index is 1100. The normalized spacial score (nSPS) is 13.5. The van der Waals surface area contributed by atoms with Crippen molar-refractivity contribution >= 4 is 17.6 Å². The molecule has 0 radical (unpaired) electrons. The average Bonchev–Trinajstić information content (AvgIpc) is 3.20. The minimum absolute atomic E-state index is 0.0153. The third kappa shape index (κ3) is 5.08. The third-order valence-corrected chi connectivity index (χ3v) is 6.04. The van der Waals surface area contributed by atoms with Gasteiger partial charge in [-0.05, 0) is 51.0 Å². The van der Waals surface area contributed by atoms with Crippen LogP contribution in [0, 0.1) is 5.92 Å². The Hall–Kier alpha value is -3.61. The van der Waals surface area contributed by atoms with Gasteiger partial charge in [0.05, 0.1) is 18.5 Å². The van der Waals surface area contributed by atoms with Crippen LogP contribution in [0.25, 0.3) is 16.9 Å². The molecule has 0 bridgehead atoms. The molecule has 7 nitrogen and oxygen atoms in total. The summed E-state index contributed by atoms with van der Waals surface area (Å²) in [6.07, 6.45) is 2.90. The number of carbonyl (C=O) groups excluding carboxylic acids is 2. The van der Waals surface area contributed by atoms with E-state index < -0.39 is 0 Å². The smallest absolute Gasteiger partial charge is 0.245 e. The van der Waals surface area contributed by atoms with Crippen LogP contribution >= 0.6 is 0 Å². The Morgan fingerprint density at radius 3 is 2.39 bits per heavy atom. The zero-order valence-corrected chi connectivity index (χ0v) is 19.3. The van der Waals surface area contributed by atoms with E-state index in [0.29, 0.717) is 5.82 Å². The highest BCUT2D eigenvalue weighted by Gasteiger charge is 2.31. The molecule has 2 aromatic carbocycles. The fourth-order valence-corrected chi connectivity index (χ4v) is 3.88. The summed E-state index contributed by atoms with van der Waals surface area (Å²) in [6, 6.07) is 19.1. The van der Waals surface area contributed by atoms with Crippen LogP contribution in [-0.4, -0.2) is 46.2 Å².